The highest BCUT2D eigenvalue weighted by atomic mass is 16.5. The number of hydrogen-bond acceptors (Lipinski definition) is 5. The van der Waals surface area contributed by atoms with E-state index < -0.39 is 0 Å². The smallest absolute Gasteiger partial charge is 0.256 e. The van der Waals surface area contributed by atoms with E-state index in [0.29, 0.717) is 17.8 Å². The lowest BCUT2D eigenvalue weighted by atomic mass is 10.0. The maximum Gasteiger partial charge on any atom is 0.256 e. The molecule has 0 unspecified atom stereocenters. The molecule has 1 aromatic heterocycles. The van der Waals surface area contributed by atoms with Gasteiger partial charge in [0.25, 0.3) is 5.91 Å². The SMILES string of the molecule is O=C(NCCN1CCCC[C@@H]1CO)c1conc1-c1ccccc1. The van der Waals surface area contributed by atoms with Crippen LogP contribution in [0.2, 0.25) is 0 Å². The van der Waals surface area contributed by atoms with E-state index >= 15 is 0 Å². The van der Waals surface area contributed by atoms with Gasteiger partial charge in [-0.15, -0.1) is 0 Å². The number of rotatable bonds is 6. The minimum atomic E-state index is -0.187. The molecule has 1 saturated heterocycles. The zero-order chi connectivity index (χ0) is 16.8. The molecule has 1 aliphatic heterocycles. The van der Waals surface area contributed by atoms with Gasteiger partial charge in [-0.3, -0.25) is 9.69 Å². The van der Waals surface area contributed by atoms with Crippen molar-refractivity contribution < 1.29 is 14.4 Å². The maximum atomic E-state index is 12.4. The van der Waals surface area contributed by atoms with Crippen molar-refractivity contribution >= 4 is 5.91 Å². The van der Waals surface area contributed by atoms with Gasteiger partial charge in [0.05, 0.1) is 6.61 Å². The Kier molecular flexibility index (Phi) is 5.61. The van der Waals surface area contributed by atoms with Crippen molar-refractivity contribution in [1.82, 2.24) is 15.4 Å². The van der Waals surface area contributed by atoms with Crippen molar-refractivity contribution in [2.24, 2.45) is 0 Å². The van der Waals surface area contributed by atoms with E-state index in [2.05, 4.69) is 15.4 Å². The van der Waals surface area contributed by atoms with Gasteiger partial charge in [0.1, 0.15) is 17.5 Å². The molecule has 1 aromatic carbocycles. The number of nitrogens with one attached hydrogen (secondary N) is 1. The third-order valence-electron chi connectivity index (χ3n) is 4.51. The Balaban J connectivity index is 1.57. The van der Waals surface area contributed by atoms with Crippen LogP contribution in [0.5, 0.6) is 0 Å². The lowest BCUT2D eigenvalue weighted by molar-refractivity contribution is 0.0849. The largest absolute Gasteiger partial charge is 0.395 e. The van der Waals surface area contributed by atoms with Gasteiger partial charge < -0.3 is 14.9 Å². The monoisotopic (exact) mass is 329 g/mol. The van der Waals surface area contributed by atoms with Crippen molar-refractivity contribution in [1.29, 1.82) is 0 Å². The van der Waals surface area contributed by atoms with Crippen LogP contribution in [-0.4, -0.2) is 53.4 Å². The molecule has 0 bridgehead atoms. The number of hydrogen-bond donors (Lipinski definition) is 2. The Morgan fingerprint density at radius 1 is 1.33 bits per heavy atom. The summed E-state index contributed by atoms with van der Waals surface area (Å²) in [6.07, 6.45) is 4.72. The third-order valence-corrected chi connectivity index (χ3v) is 4.51. The predicted octanol–water partition coefficient (Wildman–Crippen LogP) is 1.92. The number of aliphatic hydroxyl groups is 1. The number of benzene rings is 1. The fourth-order valence-electron chi connectivity index (χ4n) is 3.17. The Labute approximate surface area is 141 Å². The topological polar surface area (TPSA) is 78.6 Å². The number of aliphatic hydroxyl groups excluding tert-OH is 1. The number of carbonyl (C=O) groups is 1. The van der Waals surface area contributed by atoms with Crippen LogP contribution in [0.4, 0.5) is 0 Å². The van der Waals surface area contributed by atoms with Crippen LogP contribution in [0.3, 0.4) is 0 Å². The molecule has 1 amide bonds. The lowest BCUT2D eigenvalue weighted by Crippen LogP contribution is -2.45. The summed E-state index contributed by atoms with van der Waals surface area (Å²) in [5.74, 6) is -0.187. The minimum Gasteiger partial charge on any atom is -0.395 e. The average Bonchev–Trinajstić information content (AvgIpc) is 3.12. The first-order valence-corrected chi connectivity index (χ1v) is 8.42. The first kappa shape index (κ1) is 16.7. The van der Waals surface area contributed by atoms with Crippen molar-refractivity contribution in [3.05, 3.63) is 42.2 Å². The average molecular weight is 329 g/mol. The summed E-state index contributed by atoms with van der Waals surface area (Å²) < 4.78 is 5.00. The van der Waals surface area contributed by atoms with E-state index in [0.717, 1.165) is 37.9 Å². The van der Waals surface area contributed by atoms with E-state index in [4.69, 9.17) is 4.52 Å². The Morgan fingerprint density at radius 2 is 2.17 bits per heavy atom. The van der Waals surface area contributed by atoms with E-state index in [9.17, 15) is 9.90 Å². The van der Waals surface area contributed by atoms with Crippen molar-refractivity contribution in [2.75, 3.05) is 26.2 Å². The molecule has 1 fully saturated rings. The molecule has 0 saturated carbocycles. The first-order chi connectivity index (χ1) is 11.8. The number of piperidine rings is 1. The molecule has 1 aliphatic rings. The van der Waals surface area contributed by atoms with Gasteiger partial charge in [0.2, 0.25) is 0 Å². The Bertz CT molecular complexity index is 657. The summed E-state index contributed by atoms with van der Waals surface area (Å²) in [6, 6.07) is 9.72. The van der Waals surface area contributed by atoms with Crippen LogP contribution in [0.25, 0.3) is 11.3 Å². The number of carbonyl (C=O) groups excluding carboxylic acids is 1. The predicted molar refractivity (Wildman–Crippen MR) is 90.6 cm³/mol. The summed E-state index contributed by atoms with van der Waals surface area (Å²) in [4.78, 5) is 14.7. The molecular weight excluding hydrogens is 306 g/mol. The summed E-state index contributed by atoms with van der Waals surface area (Å²) in [7, 11) is 0. The van der Waals surface area contributed by atoms with Crippen LogP contribution < -0.4 is 5.32 Å². The molecule has 0 radical (unpaired) electrons. The van der Waals surface area contributed by atoms with Gasteiger partial charge in [0, 0.05) is 24.7 Å². The van der Waals surface area contributed by atoms with Gasteiger partial charge >= 0.3 is 0 Å². The molecular formula is C18H23N3O3. The van der Waals surface area contributed by atoms with Gasteiger partial charge in [0.15, 0.2) is 0 Å². The number of likely N-dealkylation sites (tertiary alicyclic amines) is 1. The quantitative estimate of drug-likeness (QED) is 0.846. The van der Waals surface area contributed by atoms with Gasteiger partial charge in [-0.05, 0) is 19.4 Å². The normalized spacial score (nSPS) is 18.5. The Hall–Kier alpha value is -2.18. The van der Waals surface area contributed by atoms with Crippen LogP contribution in [-0.2, 0) is 0 Å². The van der Waals surface area contributed by atoms with Crippen LogP contribution in [0.15, 0.2) is 41.1 Å². The van der Waals surface area contributed by atoms with Crippen molar-refractivity contribution in [3.63, 3.8) is 0 Å². The zero-order valence-electron chi connectivity index (χ0n) is 13.6. The van der Waals surface area contributed by atoms with Gasteiger partial charge in [-0.25, -0.2) is 0 Å². The highest BCUT2D eigenvalue weighted by Gasteiger charge is 2.22. The first-order valence-electron chi connectivity index (χ1n) is 8.42. The van der Waals surface area contributed by atoms with E-state index in [1.807, 2.05) is 30.3 Å². The van der Waals surface area contributed by atoms with Crippen LogP contribution in [0.1, 0.15) is 29.6 Å². The molecule has 6 nitrogen and oxygen atoms in total. The zero-order valence-corrected chi connectivity index (χ0v) is 13.6. The molecule has 1 atom stereocenters. The molecule has 0 spiro atoms. The fourth-order valence-corrected chi connectivity index (χ4v) is 3.17. The molecule has 3 rings (SSSR count). The summed E-state index contributed by atoms with van der Waals surface area (Å²) in [5, 5.41) is 16.3. The maximum absolute atomic E-state index is 12.4. The second kappa shape index (κ2) is 8.08. The molecule has 128 valence electrons. The fraction of sp³-hybridized carbons (Fsp3) is 0.444. The lowest BCUT2D eigenvalue weighted by Gasteiger charge is -2.34. The van der Waals surface area contributed by atoms with Gasteiger partial charge in [-0.1, -0.05) is 41.9 Å². The number of nitrogens with zero attached hydrogens (tertiary/aromatic N) is 2. The summed E-state index contributed by atoms with van der Waals surface area (Å²) in [5.41, 5.74) is 1.85. The standard InChI is InChI=1S/C18H23N3O3/c22-12-15-8-4-5-10-21(15)11-9-19-18(23)16-13-24-20-17(16)14-6-2-1-3-7-14/h1-3,6-7,13,15,22H,4-5,8-12H2,(H,19,23)/t15-/m1/s1. The van der Waals surface area contributed by atoms with E-state index in [1.54, 1.807) is 0 Å². The molecule has 2 N–H and O–H groups in total. The second-order valence-electron chi connectivity index (χ2n) is 6.07. The summed E-state index contributed by atoms with van der Waals surface area (Å²) >= 11 is 0. The van der Waals surface area contributed by atoms with E-state index in [-0.39, 0.29) is 18.6 Å². The molecule has 2 aromatic rings. The second-order valence-corrected chi connectivity index (χ2v) is 6.07. The van der Waals surface area contributed by atoms with Crippen LogP contribution >= 0.6 is 0 Å². The highest BCUT2D eigenvalue weighted by molar-refractivity contribution is 5.99. The minimum absolute atomic E-state index is 0.178. The van der Waals surface area contributed by atoms with Gasteiger partial charge in [-0.2, -0.15) is 0 Å². The molecule has 0 aliphatic carbocycles. The van der Waals surface area contributed by atoms with Crippen molar-refractivity contribution in [3.8, 4) is 11.3 Å². The Morgan fingerprint density at radius 3 is 2.96 bits per heavy atom. The number of aromatic nitrogens is 1. The highest BCUT2D eigenvalue weighted by Crippen LogP contribution is 2.21. The summed E-state index contributed by atoms with van der Waals surface area (Å²) in [6.45, 7) is 2.43. The van der Waals surface area contributed by atoms with E-state index in [1.165, 1.54) is 6.26 Å². The molecule has 24 heavy (non-hydrogen) atoms. The van der Waals surface area contributed by atoms with Crippen molar-refractivity contribution in [2.45, 2.75) is 25.3 Å². The third kappa shape index (κ3) is 3.83. The molecule has 2 heterocycles. The number of amides is 1. The molecule has 6 heteroatoms. The van der Waals surface area contributed by atoms with Crippen LogP contribution in [0, 0.1) is 0 Å².